The van der Waals surface area contributed by atoms with E-state index in [1.807, 2.05) is 0 Å². The summed E-state index contributed by atoms with van der Waals surface area (Å²) in [4.78, 5) is 0. The van der Waals surface area contributed by atoms with Gasteiger partial charge in [0, 0.05) is 0 Å². The van der Waals surface area contributed by atoms with Gasteiger partial charge in [-0.25, -0.2) is 0 Å². The lowest BCUT2D eigenvalue weighted by atomic mass is 10.2. The number of rotatable bonds is 0. The Morgan fingerprint density at radius 3 is 1.50 bits per heavy atom. The smallest absolute Gasteiger partial charge is 0.0633 e. The fourth-order valence-electron chi connectivity index (χ4n) is 1.07. The van der Waals surface area contributed by atoms with Crippen LogP contribution in [0.25, 0.3) is 0 Å². The first-order chi connectivity index (χ1) is 6.00. The lowest BCUT2D eigenvalue weighted by Crippen LogP contribution is -1.80. The van der Waals surface area contributed by atoms with E-state index in [1.165, 1.54) is 0 Å². The number of hydrogen-bond acceptors (Lipinski definition) is 2. The van der Waals surface area contributed by atoms with Gasteiger partial charge in [0.1, 0.15) is 0 Å². The van der Waals surface area contributed by atoms with E-state index >= 15 is 0 Å². The van der Waals surface area contributed by atoms with Crippen LogP contribution in [0.15, 0.2) is 34.5 Å². The van der Waals surface area contributed by atoms with Crippen LogP contribution in [-0.4, -0.2) is 13.1 Å². The van der Waals surface area contributed by atoms with E-state index in [0.29, 0.717) is 0 Å². The number of nitrogens with zero attached hydrogens (tertiary/aromatic N) is 2. The van der Waals surface area contributed by atoms with Crippen molar-refractivity contribution in [2.45, 2.75) is 25.7 Å². The molecule has 0 aromatic carbocycles. The standard InChI is InChI=1S/C10H16N2/c1-2-4-6-8-10-12-11-9-7-5-3-1/h3-6H,1-2,7-10H2/b5-3-,6-4-,12-11?. The van der Waals surface area contributed by atoms with Crippen LogP contribution in [0.5, 0.6) is 0 Å². The number of hydrogen-bond donors (Lipinski definition) is 0. The highest BCUT2D eigenvalue weighted by Gasteiger charge is 1.83. The summed E-state index contributed by atoms with van der Waals surface area (Å²) in [6.07, 6.45) is 13.2. The monoisotopic (exact) mass is 164 g/mol. The van der Waals surface area contributed by atoms with E-state index in [1.54, 1.807) is 0 Å². The molecule has 66 valence electrons. The van der Waals surface area contributed by atoms with Crippen molar-refractivity contribution in [1.29, 1.82) is 0 Å². The third kappa shape index (κ3) is 4.83. The third-order valence-electron chi connectivity index (χ3n) is 1.72. The Kier molecular flexibility index (Phi) is 5.17. The maximum absolute atomic E-state index is 4.04. The second kappa shape index (κ2) is 6.77. The lowest BCUT2D eigenvalue weighted by molar-refractivity contribution is 0.827. The van der Waals surface area contributed by atoms with Crippen molar-refractivity contribution in [2.75, 3.05) is 13.1 Å². The Morgan fingerprint density at radius 1 is 0.583 bits per heavy atom. The Labute approximate surface area is 74.1 Å². The molecule has 1 rings (SSSR count). The molecule has 0 aromatic rings. The molecule has 2 nitrogen and oxygen atoms in total. The number of azo groups is 1. The fraction of sp³-hybridized carbons (Fsp3) is 0.600. The van der Waals surface area contributed by atoms with Crippen molar-refractivity contribution >= 4 is 0 Å². The zero-order chi connectivity index (χ0) is 8.49. The average molecular weight is 164 g/mol. The Hall–Kier alpha value is -0.920. The molecule has 1 aliphatic heterocycles. The van der Waals surface area contributed by atoms with Crippen molar-refractivity contribution in [3.05, 3.63) is 24.3 Å². The zero-order valence-electron chi connectivity index (χ0n) is 7.45. The molecular weight excluding hydrogens is 148 g/mol. The van der Waals surface area contributed by atoms with E-state index < -0.39 is 0 Å². The molecule has 0 saturated heterocycles. The first-order valence-electron chi connectivity index (χ1n) is 4.63. The molecule has 0 radical (unpaired) electrons. The maximum Gasteiger partial charge on any atom is 0.0633 e. The highest BCUT2D eigenvalue weighted by molar-refractivity contribution is 4.88. The normalized spacial score (nSPS) is 25.3. The van der Waals surface area contributed by atoms with Gasteiger partial charge in [0.15, 0.2) is 0 Å². The van der Waals surface area contributed by atoms with Crippen LogP contribution in [0.2, 0.25) is 0 Å². The van der Waals surface area contributed by atoms with Gasteiger partial charge in [-0.1, -0.05) is 24.3 Å². The molecule has 0 fully saturated rings. The van der Waals surface area contributed by atoms with Crippen molar-refractivity contribution in [3.63, 3.8) is 0 Å². The minimum atomic E-state index is 0.847. The molecule has 0 atom stereocenters. The molecule has 12 heavy (non-hydrogen) atoms. The molecular formula is C10H16N2. The summed E-state index contributed by atoms with van der Waals surface area (Å²) in [5.41, 5.74) is 0. The van der Waals surface area contributed by atoms with Crippen LogP contribution in [0, 0.1) is 0 Å². The van der Waals surface area contributed by atoms with Crippen LogP contribution in [-0.2, 0) is 0 Å². The molecule has 0 amide bonds. The summed E-state index contributed by atoms with van der Waals surface area (Å²) in [7, 11) is 0. The zero-order valence-corrected chi connectivity index (χ0v) is 7.45. The van der Waals surface area contributed by atoms with E-state index in [9.17, 15) is 0 Å². The van der Waals surface area contributed by atoms with Gasteiger partial charge in [0.05, 0.1) is 13.1 Å². The highest BCUT2D eigenvalue weighted by Crippen LogP contribution is 1.98. The summed E-state index contributed by atoms with van der Waals surface area (Å²) < 4.78 is 0. The lowest BCUT2D eigenvalue weighted by Gasteiger charge is -1.92. The van der Waals surface area contributed by atoms with Gasteiger partial charge >= 0.3 is 0 Å². The summed E-state index contributed by atoms with van der Waals surface area (Å²) >= 11 is 0. The van der Waals surface area contributed by atoms with E-state index in [2.05, 4.69) is 34.5 Å². The van der Waals surface area contributed by atoms with Gasteiger partial charge in [0.2, 0.25) is 0 Å². The first kappa shape index (κ1) is 9.17. The van der Waals surface area contributed by atoms with Gasteiger partial charge in [-0.15, -0.1) is 0 Å². The van der Waals surface area contributed by atoms with E-state index in [4.69, 9.17) is 0 Å². The van der Waals surface area contributed by atoms with Gasteiger partial charge in [-0.05, 0) is 25.7 Å². The molecule has 0 saturated carbocycles. The van der Waals surface area contributed by atoms with Gasteiger partial charge in [0.25, 0.3) is 0 Å². The topological polar surface area (TPSA) is 24.7 Å². The van der Waals surface area contributed by atoms with Crippen LogP contribution in [0.3, 0.4) is 0 Å². The maximum atomic E-state index is 4.04. The van der Waals surface area contributed by atoms with Crippen LogP contribution >= 0.6 is 0 Å². The predicted molar refractivity (Wildman–Crippen MR) is 51.3 cm³/mol. The summed E-state index contributed by atoms with van der Waals surface area (Å²) in [6.45, 7) is 1.69. The van der Waals surface area contributed by atoms with Crippen molar-refractivity contribution in [1.82, 2.24) is 0 Å². The largest absolute Gasteiger partial charge is 0.194 e. The Bertz CT molecular complexity index is 129. The third-order valence-corrected chi connectivity index (χ3v) is 1.72. The Morgan fingerprint density at radius 2 is 1.00 bits per heavy atom. The molecule has 2 heteroatoms. The van der Waals surface area contributed by atoms with Crippen molar-refractivity contribution < 1.29 is 0 Å². The Balaban J connectivity index is 2.30. The van der Waals surface area contributed by atoms with E-state index in [-0.39, 0.29) is 0 Å². The minimum absolute atomic E-state index is 0.847. The molecule has 1 aliphatic rings. The van der Waals surface area contributed by atoms with Gasteiger partial charge in [-0.2, -0.15) is 10.2 Å². The summed E-state index contributed by atoms with van der Waals surface area (Å²) in [5, 5.41) is 8.09. The van der Waals surface area contributed by atoms with Crippen LogP contribution < -0.4 is 0 Å². The second-order valence-corrected chi connectivity index (χ2v) is 2.83. The molecule has 0 unspecified atom stereocenters. The predicted octanol–water partition coefficient (Wildman–Crippen LogP) is 3.13. The molecule has 0 aliphatic carbocycles. The van der Waals surface area contributed by atoms with Gasteiger partial charge < -0.3 is 0 Å². The molecule has 0 aromatic heterocycles. The second-order valence-electron chi connectivity index (χ2n) is 2.83. The number of allylic oxidation sites excluding steroid dienone is 2. The van der Waals surface area contributed by atoms with E-state index in [0.717, 1.165) is 38.8 Å². The average Bonchev–Trinajstić information content (AvgIpc) is 2.05. The van der Waals surface area contributed by atoms with Crippen molar-refractivity contribution in [3.8, 4) is 0 Å². The van der Waals surface area contributed by atoms with Crippen molar-refractivity contribution in [2.24, 2.45) is 10.2 Å². The van der Waals surface area contributed by atoms with Gasteiger partial charge in [-0.3, -0.25) is 0 Å². The minimum Gasteiger partial charge on any atom is -0.194 e. The SMILES string of the molecule is C1=C\CCN=NCC/C=C\CC/1. The molecule has 1 heterocycles. The highest BCUT2D eigenvalue weighted by atomic mass is 15.1. The van der Waals surface area contributed by atoms with Crippen LogP contribution in [0.1, 0.15) is 25.7 Å². The summed E-state index contributed by atoms with van der Waals surface area (Å²) in [5.74, 6) is 0. The first-order valence-corrected chi connectivity index (χ1v) is 4.63. The molecule has 0 bridgehead atoms. The fourth-order valence-corrected chi connectivity index (χ4v) is 1.07. The van der Waals surface area contributed by atoms with Crippen LogP contribution in [0.4, 0.5) is 0 Å². The molecule has 0 N–H and O–H groups in total. The molecule has 0 spiro atoms. The summed E-state index contributed by atoms with van der Waals surface area (Å²) in [6, 6.07) is 0. The quantitative estimate of drug-likeness (QED) is 0.491.